The van der Waals surface area contributed by atoms with Crippen LogP contribution in [0.2, 0.25) is 0 Å². The summed E-state index contributed by atoms with van der Waals surface area (Å²) in [6, 6.07) is 12.3. The van der Waals surface area contributed by atoms with E-state index in [1.54, 1.807) is 30.7 Å². The van der Waals surface area contributed by atoms with Gasteiger partial charge in [-0.1, -0.05) is 17.3 Å². The topological polar surface area (TPSA) is 77.2 Å². The van der Waals surface area contributed by atoms with E-state index in [4.69, 9.17) is 9.26 Å². The second kappa shape index (κ2) is 8.42. The number of carbonyl (C=O) groups excluding carboxylic acids is 1. The lowest BCUT2D eigenvalue weighted by Gasteiger charge is -2.06. The maximum atomic E-state index is 13.5. The predicted molar refractivity (Wildman–Crippen MR) is 108 cm³/mol. The summed E-state index contributed by atoms with van der Waals surface area (Å²) in [6.07, 6.45) is 0.184. The molecule has 0 aliphatic rings. The van der Waals surface area contributed by atoms with Crippen LogP contribution in [-0.2, 0) is 11.2 Å². The summed E-state index contributed by atoms with van der Waals surface area (Å²) in [5.74, 6) is -1.16. The van der Waals surface area contributed by atoms with E-state index in [0.29, 0.717) is 16.3 Å². The molecule has 2 aromatic carbocycles. The van der Waals surface area contributed by atoms with Crippen LogP contribution in [0, 0.1) is 11.6 Å². The molecule has 0 saturated carbocycles. The number of aromatic nitrogens is 2. The van der Waals surface area contributed by atoms with Gasteiger partial charge in [-0.15, -0.1) is 11.3 Å². The lowest BCUT2D eigenvalue weighted by atomic mass is 10.1. The number of ether oxygens (including phenoxy) is 1. The van der Waals surface area contributed by atoms with E-state index >= 15 is 0 Å². The maximum Gasteiger partial charge on any atom is 0.270 e. The molecule has 9 heteroatoms. The number of amides is 1. The molecule has 0 saturated heterocycles. The number of rotatable bonds is 6. The molecule has 0 bridgehead atoms. The molecule has 0 aliphatic heterocycles. The SMILES string of the molecule is COc1ccc(CC(=O)Nc2ccsc2-c2nc(-c3ccc(F)c(F)c3)no2)cc1. The van der Waals surface area contributed by atoms with Crippen LogP contribution >= 0.6 is 11.3 Å². The van der Waals surface area contributed by atoms with Gasteiger partial charge in [0.05, 0.1) is 19.2 Å². The Balaban J connectivity index is 1.49. The average Bonchev–Trinajstić information content (AvgIpc) is 3.40. The van der Waals surface area contributed by atoms with E-state index in [1.807, 2.05) is 12.1 Å². The second-order valence-electron chi connectivity index (χ2n) is 6.29. The summed E-state index contributed by atoms with van der Waals surface area (Å²) in [5, 5.41) is 8.44. The summed E-state index contributed by atoms with van der Waals surface area (Å²) < 4.78 is 37.0. The van der Waals surface area contributed by atoms with Crippen LogP contribution in [0.25, 0.3) is 22.2 Å². The number of nitrogens with one attached hydrogen (secondary N) is 1. The molecule has 30 heavy (non-hydrogen) atoms. The van der Waals surface area contributed by atoms with Crippen LogP contribution in [0.4, 0.5) is 14.5 Å². The average molecular weight is 427 g/mol. The Hall–Kier alpha value is -3.59. The Kier molecular flexibility index (Phi) is 5.53. The van der Waals surface area contributed by atoms with Crippen molar-refractivity contribution < 1.29 is 22.8 Å². The Morgan fingerprint density at radius 2 is 1.93 bits per heavy atom. The van der Waals surface area contributed by atoms with Crippen LogP contribution in [0.3, 0.4) is 0 Å². The first-order chi connectivity index (χ1) is 14.5. The standard InChI is InChI=1S/C21H15F2N3O3S/c1-28-14-5-2-12(3-6-14)10-18(27)24-17-8-9-30-19(17)21-25-20(26-29-21)13-4-7-15(22)16(23)11-13/h2-9,11H,10H2,1H3,(H,24,27). The number of carbonyl (C=O) groups is 1. The van der Waals surface area contributed by atoms with Gasteiger partial charge in [0, 0.05) is 5.56 Å². The third-order valence-corrected chi connectivity index (χ3v) is 5.16. The molecular formula is C21H15F2N3O3S. The first kappa shape index (κ1) is 19.7. The molecule has 6 nitrogen and oxygen atoms in total. The number of halogens is 2. The van der Waals surface area contributed by atoms with Gasteiger partial charge in [0.25, 0.3) is 5.89 Å². The molecule has 0 spiro atoms. The van der Waals surface area contributed by atoms with Crippen LogP contribution in [-0.4, -0.2) is 23.2 Å². The van der Waals surface area contributed by atoms with Crippen LogP contribution < -0.4 is 10.1 Å². The molecular weight excluding hydrogens is 412 g/mol. The Bertz CT molecular complexity index is 1190. The Labute approximate surface area is 174 Å². The van der Waals surface area contributed by atoms with Gasteiger partial charge in [0.2, 0.25) is 11.7 Å². The summed E-state index contributed by atoms with van der Waals surface area (Å²) >= 11 is 1.31. The van der Waals surface area contributed by atoms with Crippen molar-refractivity contribution in [2.75, 3.05) is 12.4 Å². The van der Waals surface area contributed by atoms with Crippen LogP contribution in [0.15, 0.2) is 58.4 Å². The summed E-state index contributed by atoms with van der Waals surface area (Å²) in [6.45, 7) is 0. The van der Waals surface area contributed by atoms with Crippen LogP contribution in [0.5, 0.6) is 5.75 Å². The summed E-state index contributed by atoms with van der Waals surface area (Å²) in [5.41, 5.74) is 1.65. The summed E-state index contributed by atoms with van der Waals surface area (Å²) in [4.78, 5) is 17.2. The van der Waals surface area contributed by atoms with E-state index in [2.05, 4.69) is 15.5 Å². The lowest BCUT2D eigenvalue weighted by molar-refractivity contribution is -0.115. The normalized spacial score (nSPS) is 10.8. The van der Waals surface area contributed by atoms with E-state index in [1.165, 1.54) is 17.4 Å². The molecule has 4 rings (SSSR count). The molecule has 0 unspecified atom stereocenters. The van der Waals surface area contributed by atoms with Crippen molar-refractivity contribution in [3.8, 4) is 27.9 Å². The minimum atomic E-state index is -0.999. The van der Waals surface area contributed by atoms with Crippen LogP contribution in [0.1, 0.15) is 5.56 Å². The first-order valence-corrected chi connectivity index (χ1v) is 9.71. The molecule has 1 N–H and O–H groups in total. The van der Waals surface area contributed by atoms with Gasteiger partial charge >= 0.3 is 0 Å². The molecule has 0 fully saturated rings. The zero-order valence-corrected chi connectivity index (χ0v) is 16.5. The monoisotopic (exact) mass is 427 g/mol. The predicted octanol–water partition coefficient (Wildman–Crippen LogP) is 4.93. The zero-order valence-electron chi connectivity index (χ0n) is 15.7. The van der Waals surface area contributed by atoms with Gasteiger partial charge in [-0.05, 0) is 47.3 Å². The van der Waals surface area contributed by atoms with Crippen molar-refractivity contribution in [3.63, 3.8) is 0 Å². The Morgan fingerprint density at radius 3 is 2.67 bits per heavy atom. The van der Waals surface area contributed by atoms with Gasteiger partial charge in [0.1, 0.15) is 10.6 Å². The maximum absolute atomic E-state index is 13.5. The van der Waals surface area contributed by atoms with Gasteiger partial charge in [0.15, 0.2) is 11.6 Å². The number of nitrogens with zero attached hydrogens (tertiary/aromatic N) is 2. The van der Waals surface area contributed by atoms with Crippen molar-refractivity contribution in [1.82, 2.24) is 10.1 Å². The van der Waals surface area contributed by atoms with E-state index in [-0.39, 0.29) is 29.6 Å². The lowest BCUT2D eigenvalue weighted by Crippen LogP contribution is -2.14. The molecule has 1 amide bonds. The number of hydrogen-bond acceptors (Lipinski definition) is 6. The molecule has 2 aromatic heterocycles. The number of benzene rings is 2. The highest BCUT2D eigenvalue weighted by molar-refractivity contribution is 7.14. The van der Waals surface area contributed by atoms with Gasteiger partial charge in [-0.2, -0.15) is 4.98 Å². The molecule has 0 radical (unpaired) electrons. The molecule has 0 atom stereocenters. The minimum Gasteiger partial charge on any atom is -0.497 e. The minimum absolute atomic E-state index is 0.118. The molecule has 0 aliphatic carbocycles. The Morgan fingerprint density at radius 1 is 1.13 bits per heavy atom. The molecule has 4 aromatic rings. The van der Waals surface area contributed by atoms with Gasteiger partial charge in [-0.25, -0.2) is 8.78 Å². The zero-order chi connectivity index (χ0) is 21.1. The first-order valence-electron chi connectivity index (χ1n) is 8.83. The number of methoxy groups -OCH3 is 1. The van der Waals surface area contributed by atoms with Crippen molar-refractivity contribution in [3.05, 3.63) is 71.1 Å². The second-order valence-corrected chi connectivity index (χ2v) is 7.20. The molecule has 2 heterocycles. The van der Waals surface area contributed by atoms with E-state index < -0.39 is 11.6 Å². The number of hydrogen-bond donors (Lipinski definition) is 1. The third-order valence-electron chi connectivity index (χ3n) is 4.26. The molecule has 152 valence electrons. The van der Waals surface area contributed by atoms with Gasteiger partial charge in [-0.3, -0.25) is 4.79 Å². The fraction of sp³-hybridized carbons (Fsp3) is 0.0952. The number of anilines is 1. The quantitative estimate of drug-likeness (QED) is 0.472. The fourth-order valence-corrected chi connectivity index (χ4v) is 3.53. The smallest absolute Gasteiger partial charge is 0.270 e. The van der Waals surface area contributed by atoms with Crippen molar-refractivity contribution >= 4 is 22.9 Å². The highest BCUT2D eigenvalue weighted by Crippen LogP contribution is 2.34. The van der Waals surface area contributed by atoms with Crippen molar-refractivity contribution in [2.45, 2.75) is 6.42 Å². The van der Waals surface area contributed by atoms with E-state index in [9.17, 15) is 13.6 Å². The van der Waals surface area contributed by atoms with E-state index in [0.717, 1.165) is 17.7 Å². The summed E-state index contributed by atoms with van der Waals surface area (Å²) in [7, 11) is 1.58. The van der Waals surface area contributed by atoms with Crippen molar-refractivity contribution in [2.24, 2.45) is 0 Å². The fourth-order valence-electron chi connectivity index (χ4n) is 2.76. The highest BCUT2D eigenvalue weighted by Gasteiger charge is 2.18. The van der Waals surface area contributed by atoms with Gasteiger partial charge < -0.3 is 14.6 Å². The number of thiophene rings is 1. The highest BCUT2D eigenvalue weighted by atomic mass is 32.1. The largest absolute Gasteiger partial charge is 0.497 e. The van der Waals surface area contributed by atoms with Crippen molar-refractivity contribution in [1.29, 1.82) is 0 Å². The third kappa shape index (κ3) is 4.20.